The molecule has 1 aromatic heterocycles. The first kappa shape index (κ1) is 11.5. The topological polar surface area (TPSA) is 28.7 Å². The third-order valence-electron chi connectivity index (χ3n) is 3.02. The summed E-state index contributed by atoms with van der Waals surface area (Å²) in [5.41, 5.74) is 2.32. The Hall–Kier alpha value is -1.57. The standard InChI is InChI=1S/C15H14N2Se/c1-10-15(11(2)17-16-10)18-14-9-5-7-12-6-3-4-8-13(12)14/h3-9H,1-2H3,(H,16,17). The van der Waals surface area contributed by atoms with Crippen molar-refractivity contribution in [3.8, 4) is 0 Å². The van der Waals surface area contributed by atoms with Crippen molar-refractivity contribution in [3.05, 3.63) is 53.9 Å². The van der Waals surface area contributed by atoms with E-state index in [0.29, 0.717) is 15.0 Å². The van der Waals surface area contributed by atoms with Crippen molar-refractivity contribution in [2.24, 2.45) is 0 Å². The number of rotatable bonds is 2. The van der Waals surface area contributed by atoms with Gasteiger partial charge in [-0.3, -0.25) is 0 Å². The molecule has 0 aliphatic heterocycles. The fraction of sp³-hybridized carbons (Fsp3) is 0.133. The first-order chi connectivity index (χ1) is 8.75. The predicted octanol–water partition coefficient (Wildman–Crippen LogP) is 1.83. The number of nitrogens with one attached hydrogen (secondary N) is 1. The number of H-pyrrole nitrogens is 1. The van der Waals surface area contributed by atoms with Crippen LogP contribution >= 0.6 is 0 Å². The summed E-state index contributed by atoms with van der Waals surface area (Å²) in [6.45, 7) is 4.17. The van der Waals surface area contributed by atoms with Gasteiger partial charge in [0, 0.05) is 0 Å². The Morgan fingerprint density at radius 2 is 1.78 bits per heavy atom. The van der Waals surface area contributed by atoms with Gasteiger partial charge in [-0.1, -0.05) is 0 Å². The molecular weight excluding hydrogens is 287 g/mol. The molecule has 0 bridgehead atoms. The molecule has 0 saturated heterocycles. The Morgan fingerprint density at radius 1 is 1.00 bits per heavy atom. The molecule has 0 fully saturated rings. The Morgan fingerprint density at radius 3 is 2.56 bits per heavy atom. The quantitative estimate of drug-likeness (QED) is 0.719. The van der Waals surface area contributed by atoms with Crippen LogP contribution < -0.4 is 8.92 Å². The number of nitrogens with zero attached hydrogens (tertiary/aromatic N) is 1. The van der Waals surface area contributed by atoms with Crippen LogP contribution in [0.2, 0.25) is 0 Å². The van der Waals surface area contributed by atoms with Crippen LogP contribution in [-0.4, -0.2) is 25.2 Å². The number of aryl methyl sites for hydroxylation is 2. The van der Waals surface area contributed by atoms with Gasteiger partial charge in [0.2, 0.25) is 0 Å². The van der Waals surface area contributed by atoms with Gasteiger partial charge in [0.1, 0.15) is 0 Å². The molecule has 0 saturated carbocycles. The van der Waals surface area contributed by atoms with Gasteiger partial charge in [-0.25, -0.2) is 0 Å². The molecule has 0 amide bonds. The van der Waals surface area contributed by atoms with Crippen molar-refractivity contribution in [3.63, 3.8) is 0 Å². The Kier molecular flexibility index (Phi) is 2.94. The molecule has 1 N–H and O–H groups in total. The van der Waals surface area contributed by atoms with E-state index < -0.39 is 0 Å². The summed E-state index contributed by atoms with van der Waals surface area (Å²) >= 11 is 0.308. The van der Waals surface area contributed by atoms with Crippen LogP contribution in [0.5, 0.6) is 0 Å². The van der Waals surface area contributed by atoms with Crippen molar-refractivity contribution in [2.45, 2.75) is 13.8 Å². The average Bonchev–Trinajstić information content (AvgIpc) is 2.71. The molecule has 0 atom stereocenters. The van der Waals surface area contributed by atoms with Gasteiger partial charge < -0.3 is 0 Å². The minimum absolute atomic E-state index is 0.308. The van der Waals surface area contributed by atoms with Crippen LogP contribution in [0, 0.1) is 13.8 Å². The Labute approximate surface area is 113 Å². The van der Waals surface area contributed by atoms with E-state index in [1.807, 2.05) is 0 Å². The third kappa shape index (κ3) is 1.96. The minimum atomic E-state index is 0.308. The van der Waals surface area contributed by atoms with Gasteiger partial charge in [0.15, 0.2) is 0 Å². The average molecular weight is 301 g/mol. The van der Waals surface area contributed by atoms with Crippen molar-refractivity contribution in [2.75, 3.05) is 0 Å². The number of benzene rings is 2. The van der Waals surface area contributed by atoms with E-state index in [-0.39, 0.29) is 0 Å². The van der Waals surface area contributed by atoms with Gasteiger partial charge in [0.05, 0.1) is 0 Å². The van der Waals surface area contributed by atoms with Gasteiger partial charge in [0.25, 0.3) is 0 Å². The first-order valence-corrected chi connectivity index (χ1v) is 7.64. The summed E-state index contributed by atoms with van der Waals surface area (Å²) in [7, 11) is 0. The van der Waals surface area contributed by atoms with Crippen molar-refractivity contribution in [1.82, 2.24) is 10.2 Å². The fourth-order valence-electron chi connectivity index (χ4n) is 2.09. The summed E-state index contributed by atoms with van der Waals surface area (Å²) < 4.78 is 2.80. The van der Waals surface area contributed by atoms with Crippen LogP contribution in [0.4, 0.5) is 0 Å². The van der Waals surface area contributed by atoms with Crippen LogP contribution in [0.25, 0.3) is 10.8 Å². The normalized spacial score (nSPS) is 11.0. The molecule has 0 aliphatic carbocycles. The monoisotopic (exact) mass is 302 g/mol. The van der Waals surface area contributed by atoms with Crippen LogP contribution in [0.3, 0.4) is 0 Å². The first-order valence-electron chi connectivity index (χ1n) is 5.93. The number of hydrogen-bond acceptors (Lipinski definition) is 1. The summed E-state index contributed by atoms with van der Waals surface area (Å²) in [6.07, 6.45) is 0. The summed E-state index contributed by atoms with van der Waals surface area (Å²) in [4.78, 5) is 0. The van der Waals surface area contributed by atoms with Gasteiger partial charge in [-0.05, 0) is 0 Å². The second-order valence-electron chi connectivity index (χ2n) is 4.34. The molecule has 2 nitrogen and oxygen atoms in total. The number of fused-ring (bicyclic) bond motifs is 1. The molecule has 18 heavy (non-hydrogen) atoms. The van der Waals surface area contributed by atoms with E-state index in [9.17, 15) is 0 Å². The van der Waals surface area contributed by atoms with Crippen LogP contribution in [0.15, 0.2) is 42.5 Å². The van der Waals surface area contributed by atoms with Gasteiger partial charge >= 0.3 is 113 Å². The van der Waals surface area contributed by atoms with Crippen molar-refractivity contribution in [1.29, 1.82) is 0 Å². The van der Waals surface area contributed by atoms with E-state index in [0.717, 1.165) is 5.69 Å². The fourth-order valence-corrected chi connectivity index (χ4v) is 4.30. The maximum atomic E-state index is 4.28. The number of aromatic amines is 1. The zero-order chi connectivity index (χ0) is 12.5. The van der Waals surface area contributed by atoms with Gasteiger partial charge in [-0.2, -0.15) is 0 Å². The second-order valence-corrected chi connectivity index (χ2v) is 6.55. The van der Waals surface area contributed by atoms with E-state index in [4.69, 9.17) is 0 Å². The molecule has 2 aromatic carbocycles. The molecular formula is C15H14N2Se. The van der Waals surface area contributed by atoms with E-state index >= 15 is 0 Å². The molecule has 0 spiro atoms. The molecule has 3 aromatic rings. The third-order valence-corrected chi connectivity index (χ3v) is 5.92. The van der Waals surface area contributed by atoms with Crippen LogP contribution in [0.1, 0.15) is 11.4 Å². The molecule has 0 unspecified atom stereocenters. The predicted molar refractivity (Wildman–Crippen MR) is 77.0 cm³/mol. The van der Waals surface area contributed by atoms with Crippen molar-refractivity contribution >= 4 is 34.7 Å². The van der Waals surface area contributed by atoms with E-state index in [1.54, 1.807) is 0 Å². The summed E-state index contributed by atoms with van der Waals surface area (Å²) in [6, 6.07) is 15.1. The molecule has 0 radical (unpaired) electrons. The maximum absolute atomic E-state index is 4.28. The summed E-state index contributed by atoms with van der Waals surface area (Å²) in [5, 5.41) is 10.0. The van der Waals surface area contributed by atoms with Crippen molar-refractivity contribution < 1.29 is 0 Å². The van der Waals surface area contributed by atoms with E-state index in [1.165, 1.54) is 25.4 Å². The Balaban J connectivity index is 2.11. The molecule has 3 rings (SSSR count). The zero-order valence-corrected chi connectivity index (χ0v) is 12.1. The summed E-state index contributed by atoms with van der Waals surface area (Å²) in [5.74, 6) is 0. The SMILES string of the molecule is Cc1n[nH]c(C)c1[Se]c1cccc2ccccc12. The van der Waals surface area contributed by atoms with Crippen LogP contribution in [-0.2, 0) is 0 Å². The number of hydrogen-bond donors (Lipinski definition) is 1. The Bertz CT molecular complexity index is 676. The zero-order valence-electron chi connectivity index (χ0n) is 10.4. The molecule has 1 heterocycles. The molecule has 90 valence electrons. The van der Waals surface area contributed by atoms with Gasteiger partial charge in [-0.15, -0.1) is 0 Å². The van der Waals surface area contributed by atoms with E-state index in [2.05, 4.69) is 66.5 Å². The molecule has 3 heteroatoms. The second kappa shape index (κ2) is 4.60. The molecule has 0 aliphatic rings. The number of aromatic nitrogens is 2.